The molecular weight excluding hydrogens is 322 g/mol. The molecule has 0 spiro atoms. The lowest BCUT2D eigenvalue weighted by atomic mass is 10.2. The van der Waals surface area contributed by atoms with Crippen LogP contribution >= 0.6 is 11.8 Å². The number of aromatic nitrogens is 2. The highest BCUT2D eigenvalue weighted by Crippen LogP contribution is 2.18. The van der Waals surface area contributed by atoms with Gasteiger partial charge in [-0.15, -0.1) is 5.10 Å². The molecule has 1 aliphatic heterocycles. The lowest BCUT2D eigenvalue weighted by molar-refractivity contribution is -0.116. The summed E-state index contributed by atoms with van der Waals surface area (Å²) in [6.45, 7) is 0. The van der Waals surface area contributed by atoms with Gasteiger partial charge in [-0.25, -0.2) is 4.98 Å². The van der Waals surface area contributed by atoms with E-state index in [0.717, 1.165) is 22.3 Å². The molecule has 2 aromatic carbocycles. The van der Waals surface area contributed by atoms with E-state index in [1.54, 1.807) is 6.21 Å². The third-order valence-electron chi connectivity index (χ3n) is 3.57. The zero-order valence-electron chi connectivity index (χ0n) is 12.6. The van der Waals surface area contributed by atoms with Gasteiger partial charge in [0.25, 0.3) is 0 Å². The van der Waals surface area contributed by atoms with Gasteiger partial charge in [-0.05, 0) is 29.8 Å². The zero-order chi connectivity index (χ0) is 16.4. The smallest absolute Gasteiger partial charge is 0.236 e. The van der Waals surface area contributed by atoms with Gasteiger partial charge in [0.2, 0.25) is 5.91 Å². The van der Waals surface area contributed by atoms with Gasteiger partial charge in [0.1, 0.15) is 6.33 Å². The Morgan fingerprint density at radius 3 is 2.79 bits per heavy atom. The van der Waals surface area contributed by atoms with Crippen molar-refractivity contribution in [2.45, 2.75) is 0 Å². The van der Waals surface area contributed by atoms with E-state index in [1.807, 2.05) is 59.4 Å². The van der Waals surface area contributed by atoms with Gasteiger partial charge in [0.15, 0.2) is 5.17 Å². The van der Waals surface area contributed by atoms with E-state index in [0.29, 0.717) is 10.9 Å². The molecule has 0 saturated carbocycles. The Hall–Kier alpha value is -2.93. The van der Waals surface area contributed by atoms with Crippen molar-refractivity contribution in [1.29, 1.82) is 0 Å². The number of hydrogen-bond acceptors (Lipinski definition) is 5. The second-order valence-corrected chi connectivity index (χ2v) is 6.15. The molecule has 0 atom stereocenters. The number of carbonyl (C=O) groups is 1. The molecule has 118 valence electrons. The second kappa shape index (κ2) is 6.29. The summed E-state index contributed by atoms with van der Waals surface area (Å²) in [5.74, 6) is 0.368. The fourth-order valence-corrected chi connectivity index (χ4v) is 3.04. The molecule has 0 aliphatic carbocycles. The summed E-state index contributed by atoms with van der Waals surface area (Å²) in [6, 6.07) is 16.0. The average Bonchev–Trinajstić information content (AvgIpc) is 3.22. The van der Waals surface area contributed by atoms with Crippen LogP contribution in [0.2, 0.25) is 0 Å². The first-order valence-electron chi connectivity index (χ1n) is 7.36. The Morgan fingerprint density at radius 1 is 1.17 bits per heavy atom. The van der Waals surface area contributed by atoms with E-state index < -0.39 is 0 Å². The predicted molar refractivity (Wildman–Crippen MR) is 96.7 cm³/mol. The molecule has 3 aromatic rings. The fourth-order valence-electron chi connectivity index (χ4n) is 2.41. The van der Waals surface area contributed by atoms with Crippen LogP contribution in [-0.2, 0) is 4.79 Å². The maximum absolute atomic E-state index is 11.1. The lowest BCUT2D eigenvalue weighted by Crippen LogP contribution is -2.19. The molecule has 1 saturated heterocycles. The molecule has 1 aromatic heterocycles. The Labute approximate surface area is 142 Å². The van der Waals surface area contributed by atoms with Gasteiger partial charge in [0.05, 0.1) is 23.0 Å². The minimum absolute atomic E-state index is 0.0362. The van der Waals surface area contributed by atoms with Crippen molar-refractivity contribution in [2.75, 3.05) is 5.75 Å². The van der Waals surface area contributed by atoms with Gasteiger partial charge in [-0.2, -0.15) is 5.10 Å². The quantitative estimate of drug-likeness (QED) is 0.591. The molecule has 0 bridgehead atoms. The number of fused-ring (bicyclic) bond motifs is 1. The number of benzene rings is 2. The Bertz CT molecular complexity index is 959. The average molecular weight is 335 g/mol. The number of rotatable bonds is 3. The summed E-state index contributed by atoms with van der Waals surface area (Å²) in [6.07, 6.45) is 3.48. The number of nitrogens with one attached hydrogen (secondary N) is 1. The van der Waals surface area contributed by atoms with Crippen LogP contribution in [0.15, 0.2) is 65.1 Å². The summed E-state index contributed by atoms with van der Waals surface area (Å²) in [4.78, 5) is 15.5. The number of hydrogen-bond donors (Lipinski definition) is 1. The number of nitrogens with zero attached hydrogens (tertiary/aromatic N) is 4. The van der Waals surface area contributed by atoms with Crippen LogP contribution in [0.25, 0.3) is 16.7 Å². The first-order chi connectivity index (χ1) is 11.8. The van der Waals surface area contributed by atoms with Crippen molar-refractivity contribution in [3.63, 3.8) is 0 Å². The zero-order valence-corrected chi connectivity index (χ0v) is 13.4. The molecule has 1 N–H and O–H groups in total. The van der Waals surface area contributed by atoms with Crippen molar-refractivity contribution in [2.24, 2.45) is 10.2 Å². The van der Waals surface area contributed by atoms with E-state index in [9.17, 15) is 4.79 Å². The monoisotopic (exact) mass is 335 g/mol. The standard InChI is InChI=1S/C17H13N5OS/c23-16-10-24-17(20-16)21-19-9-12-5-7-13(8-6-12)22-11-18-14-3-1-2-4-15(14)22/h1-9,11H,10H2,(H,20,21,23). The van der Waals surface area contributed by atoms with Crippen molar-refractivity contribution in [3.05, 3.63) is 60.4 Å². The van der Waals surface area contributed by atoms with Gasteiger partial charge in [-0.3, -0.25) is 9.36 Å². The predicted octanol–water partition coefficient (Wildman–Crippen LogP) is 2.58. The van der Waals surface area contributed by atoms with E-state index in [4.69, 9.17) is 0 Å². The Balaban J connectivity index is 1.53. The van der Waals surface area contributed by atoms with Crippen LogP contribution in [-0.4, -0.2) is 32.6 Å². The van der Waals surface area contributed by atoms with Crippen LogP contribution < -0.4 is 5.32 Å². The van der Waals surface area contributed by atoms with E-state index in [1.165, 1.54) is 11.8 Å². The Morgan fingerprint density at radius 2 is 2.00 bits per heavy atom. The number of carbonyl (C=O) groups excluding carboxylic acids is 1. The van der Waals surface area contributed by atoms with Crippen LogP contribution in [0.5, 0.6) is 0 Å². The largest absolute Gasteiger partial charge is 0.303 e. The number of amidine groups is 1. The molecule has 1 fully saturated rings. The van der Waals surface area contributed by atoms with E-state index >= 15 is 0 Å². The van der Waals surface area contributed by atoms with Crippen LogP contribution in [0.4, 0.5) is 0 Å². The number of imidazole rings is 1. The number of thioether (sulfide) groups is 1. The number of para-hydroxylation sites is 2. The minimum atomic E-state index is -0.0362. The molecule has 7 heteroatoms. The normalized spacial score (nSPS) is 16.3. The molecule has 0 unspecified atom stereocenters. The summed E-state index contributed by atoms with van der Waals surface area (Å²) in [7, 11) is 0. The van der Waals surface area contributed by atoms with Crippen molar-refractivity contribution < 1.29 is 4.79 Å². The van der Waals surface area contributed by atoms with Crippen molar-refractivity contribution in [3.8, 4) is 5.69 Å². The maximum atomic E-state index is 11.1. The van der Waals surface area contributed by atoms with Gasteiger partial charge < -0.3 is 5.32 Å². The molecule has 6 nitrogen and oxygen atoms in total. The Kier molecular flexibility index (Phi) is 3.84. The SMILES string of the molecule is O=C1CSC(=NN=Cc2ccc(-n3cnc4ccccc43)cc2)N1. The third-order valence-corrected chi connectivity index (χ3v) is 4.43. The lowest BCUT2D eigenvalue weighted by Gasteiger charge is -2.04. The molecule has 2 heterocycles. The highest BCUT2D eigenvalue weighted by molar-refractivity contribution is 8.15. The van der Waals surface area contributed by atoms with Crippen LogP contribution in [0.3, 0.4) is 0 Å². The van der Waals surface area contributed by atoms with Crippen LogP contribution in [0.1, 0.15) is 5.56 Å². The van der Waals surface area contributed by atoms with Crippen molar-refractivity contribution >= 4 is 40.1 Å². The summed E-state index contributed by atoms with van der Waals surface area (Å²) < 4.78 is 2.04. The first kappa shape index (κ1) is 14.6. The molecule has 0 radical (unpaired) electrons. The molecule has 1 aliphatic rings. The molecular formula is C17H13N5OS. The van der Waals surface area contributed by atoms with Gasteiger partial charge >= 0.3 is 0 Å². The van der Waals surface area contributed by atoms with Crippen LogP contribution in [0, 0.1) is 0 Å². The van der Waals surface area contributed by atoms with Crippen molar-refractivity contribution in [1.82, 2.24) is 14.9 Å². The second-order valence-electron chi connectivity index (χ2n) is 5.18. The van der Waals surface area contributed by atoms with Gasteiger partial charge in [0, 0.05) is 5.69 Å². The summed E-state index contributed by atoms with van der Waals surface area (Å²) in [5.41, 5.74) is 4.00. The molecule has 4 rings (SSSR count). The number of amides is 1. The highest BCUT2D eigenvalue weighted by Gasteiger charge is 2.15. The molecule has 24 heavy (non-hydrogen) atoms. The fraction of sp³-hybridized carbons (Fsp3) is 0.0588. The van der Waals surface area contributed by atoms with Gasteiger partial charge in [-0.1, -0.05) is 36.0 Å². The first-order valence-corrected chi connectivity index (χ1v) is 8.34. The topological polar surface area (TPSA) is 71.6 Å². The molecule has 1 amide bonds. The minimum Gasteiger partial charge on any atom is -0.303 e. The third kappa shape index (κ3) is 2.93. The van der Waals surface area contributed by atoms with E-state index in [2.05, 4.69) is 20.5 Å². The summed E-state index contributed by atoms with van der Waals surface area (Å²) >= 11 is 1.35. The van der Waals surface area contributed by atoms with E-state index in [-0.39, 0.29) is 5.91 Å². The summed E-state index contributed by atoms with van der Waals surface area (Å²) in [5, 5.41) is 11.2. The highest BCUT2D eigenvalue weighted by atomic mass is 32.2. The maximum Gasteiger partial charge on any atom is 0.236 e.